The fourth-order valence-corrected chi connectivity index (χ4v) is 7.89. The summed E-state index contributed by atoms with van der Waals surface area (Å²) in [6.07, 6.45) is 5.99. The Bertz CT molecular complexity index is 1970. The number of methoxy groups -OCH3 is 2. The van der Waals surface area contributed by atoms with Crippen LogP contribution in [0.2, 0.25) is 0 Å². The summed E-state index contributed by atoms with van der Waals surface area (Å²) in [7, 11) is 2.88. The first kappa shape index (κ1) is 34.0. The summed E-state index contributed by atoms with van der Waals surface area (Å²) in [5.74, 6) is -0.788. The molecule has 264 valence electrons. The van der Waals surface area contributed by atoms with Crippen LogP contribution in [0.25, 0.3) is 32.9 Å². The number of aryl methyl sites for hydroxylation is 1. The average Bonchev–Trinajstić information content (AvgIpc) is 3.70. The molecule has 0 spiro atoms. The smallest absolute Gasteiger partial charge is 0.319 e. The molecule has 4 aromatic rings. The lowest BCUT2D eigenvalue weighted by atomic mass is 9.94. The number of ether oxygens (including phenoxy) is 4. The zero-order chi connectivity index (χ0) is 35.0. The average molecular weight is 692 g/mol. The van der Waals surface area contributed by atoms with E-state index in [-0.39, 0.29) is 48.0 Å². The largest absolute Gasteiger partial charge is 0.469 e. The van der Waals surface area contributed by atoms with Crippen molar-refractivity contribution in [3.8, 4) is 23.0 Å². The molecule has 3 saturated heterocycles. The number of benzene rings is 2. The van der Waals surface area contributed by atoms with Crippen molar-refractivity contribution in [2.75, 3.05) is 58.7 Å². The van der Waals surface area contributed by atoms with E-state index < -0.39 is 11.6 Å². The Hall–Kier alpha value is -4.49. The Morgan fingerprint density at radius 2 is 1.92 bits per heavy atom. The van der Waals surface area contributed by atoms with Crippen molar-refractivity contribution in [3.05, 3.63) is 59.6 Å². The molecule has 50 heavy (non-hydrogen) atoms. The van der Waals surface area contributed by atoms with Crippen molar-refractivity contribution in [1.82, 2.24) is 19.9 Å². The van der Waals surface area contributed by atoms with Crippen LogP contribution in [-0.2, 0) is 20.7 Å². The van der Waals surface area contributed by atoms with Crippen LogP contribution in [0.1, 0.15) is 44.6 Å². The topological polar surface area (TPSA) is 99.1 Å². The fourth-order valence-electron chi connectivity index (χ4n) is 7.89. The van der Waals surface area contributed by atoms with Gasteiger partial charge in [0.1, 0.15) is 35.2 Å². The Morgan fingerprint density at radius 1 is 1.10 bits per heavy atom. The van der Waals surface area contributed by atoms with E-state index in [1.165, 1.54) is 26.5 Å². The molecule has 0 amide bonds. The number of pyridine rings is 1. The molecule has 0 N–H and O–H groups in total. The number of hydrogen-bond donors (Lipinski definition) is 0. The number of fused-ring (bicyclic) bond motifs is 3. The standard InChI is InChI=1S/C37H40F3N5O5/c1-4-26-29(39)7-6-24-14-25(50-21-47-2)15-27(30(24)26)32-31(40)33-28(18-41-32)34(44-12-8-23(9-13-44)35(46)48-3)43-36(42-33)49-20-37-10-5-11-45(37)19-22(16-37)17-38/h6-7,14-15,17-18,23H,4-5,8-13,16,19-21H2,1-3H3/b22-17-/t37-/m0/s1. The van der Waals surface area contributed by atoms with Crippen LogP contribution in [0.3, 0.4) is 0 Å². The Kier molecular flexibility index (Phi) is 9.53. The lowest BCUT2D eigenvalue weighted by Gasteiger charge is -2.33. The van der Waals surface area contributed by atoms with Crippen molar-refractivity contribution in [3.63, 3.8) is 0 Å². The van der Waals surface area contributed by atoms with E-state index in [9.17, 15) is 9.18 Å². The van der Waals surface area contributed by atoms with Crippen molar-refractivity contribution in [2.24, 2.45) is 5.92 Å². The van der Waals surface area contributed by atoms with Crippen LogP contribution in [0.4, 0.5) is 19.0 Å². The second-order valence-corrected chi connectivity index (χ2v) is 13.3. The van der Waals surface area contributed by atoms with Gasteiger partial charge in [-0.25, -0.2) is 13.2 Å². The van der Waals surface area contributed by atoms with Gasteiger partial charge < -0.3 is 23.8 Å². The molecule has 0 radical (unpaired) electrons. The number of esters is 1. The maximum absolute atomic E-state index is 17.1. The molecule has 13 heteroatoms. The molecule has 3 aliphatic rings. The fraction of sp³-hybridized carbons (Fsp3) is 0.459. The first-order valence-electron chi connectivity index (χ1n) is 17.0. The number of hydrogen-bond acceptors (Lipinski definition) is 10. The number of piperidine rings is 1. The predicted molar refractivity (Wildman–Crippen MR) is 182 cm³/mol. The van der Waals surface area contributed by atoms with Gasteiger partial charge in [0, 0.05) is 38.5 Å². The molecule has 0 bridgehead atoms. The summed E-state index contributed by atoms with van der Waals surface area (Å²) in [5.41, 5.74) is 1.07. The van der Waals surface area contributed by atoms with Crippen LogP contribution in [0.15, 0.2) is 42.4 Å². The third-order valence-corrected chi connectivity index (χ3v) is 10.4. The third-order valence-electron chi connectivity index (χ3n) is 10.4. The van der Waals surface area contributed by atoms with E-state index in [1.807, 2.05) is 11.8 Å². The van der Waals surface area contributed by atoms with Gasteiger partial charge in [-0.1, -0.05) is 13.0 Å². The monoisotopic (exact) mass is 691 g/mol. The molecular weight excluding hydrogens is 651 g/mol. The highest BCUT2D eigenvalue weighted by Gasteiger charge is 2.47. The van der Waals surface area contributed by atoms with Gasteiger partial charge in [0.25, 0.3) is 0 Å². The highest BCUT2D eigenvalue weighted by molar-refractivity contribution is 6.01. The molecule has 0 saturated carbocycles. The van der Waals surface area contributed by atoms with Crippen LogP contribution in [-0.4, -0.2) is 85.2 Å². The normalized spacial score (nSPS) is 20.6. The zero-order valence-electron chi connectivity index (χ0n) is 28.4. The minimum atomic E-state index is -0.721. The predicted octanol–water partition coefficient (Wildman–Crippen LogP) is 6.53. The molecule has 5 heterocycles. The highest BCUT2D eigenvalue weighted by atomic mass is 19.1. The number of rotatable bonds is 10. The number of aromatic nitrogens is 3. The van der Waals surface area contributed by atoms with Gasteiger partial charge in [0.15, 0.2) is 12.6 Å². The molecule has 3 fully saturated rings. The molecule has 1 atom stereocenters. The first-order valence-corrected chi connectivity index (χ1v) is 17.0. The highest BCUT2D eigenvalue weighted by Crippen LogP contribution is 2.43. The van der Waals surface area contributed by atoms with Crippen LogP contribution < -0.4 is 14.4 Å². The minimum Gasteiger partial charge on any atom is -0.469 e. The second kappa shape index (κ2) is 14.0. The van der Waals surface area contributed by atoms with Crippen molar-refractivity contribution < 1.29 is 36.9 Å². The zero-order valence-corrected chi connectivity index (χ0v) is 28.4. The van der Waals surface area contributed by atoms with E-state index >= 15 is 8.78 Å². The van der Waals surface area contributed by atoms with Crippen LogP contribution in [0.5, 0.6) is 11.8 Å². The van der Waals surface area contributed by atoms with E-state index in [0.717, 1.165) is 25.0 Å². The van der Waals surface area contributed by atoms with Crippen molar-refractivity contribution in [2.45, 2.75) is 51.0 Å². The minimum absolute atomic E-state index is 0.00699. The van der Waals surface area contributed by atoms with Gasteiger partial charge >= 0.3 is 12.0 Å². The summed E-state index contributed by atoms with van der Waals surface area (Å²) in [6, 6.07) is 6.41. The summed E-state index contributed by atoms with van der Waals surface area (Å²) in [4.78, 5) is 30.5. The SMILES string of the molecule is CCc1c(F)ccc2cc(OCOC)cc(-c3ncc4c(N5CCC(C(=O)OC)CC5)nc(OC[C@@]56CCCN5C/C(=C\F)C6)nc4c3F)c12. The van der Waals surface area contributed by atoms with Crippen molar-refractivity contribution in [1.29, 1.82) is 0 Å². The van der Waals surface area contributed by atoms with Gasteiger partial charge in [-0.3, -0.25) is 14.7 Å². The summed E-state index contributed by atoms with van der Waals surface area (Å²) >= 11 is 0. The van der Waals surface area contributed by atoms with Gasteiger partial charge in [0.2, 0.25) is 0 Å². The molecule has 7 rings (SSSR count). The van der Waals surface area contributed by atoms with E-state index in [1.54, 1.807) is 18.2 Å². The lowest BCUT2D eigenvalue weighted by molar-refractivity contribution is -0.146. The summed E-state index contributed by atoms with van der Waals surface area (Å²) < 4.78 is 68.0. The van der Waals surface area contributed by atoms with E-state index in [0.29, 0.717) is 90.5 Å². The molecule has 2 aromatic carbocycles. The van der Waals surface area contributed by atoms with E-state index in [2.05, 4.69) is 14.9 Å². The molecule has 10 nitrogen and oxygen atoms in total. The summed E-state index contributed by atoms with van der Waals surface area (Å²) in [6.45, 7) is 4.34. The molecule has 3 aliphatic heterocycles. The number of anilines is 1. The van der Waals surface area contributed by atoms with Crippen LogP contribution in [0, 0.1) is 17.6 Å². The van der Waals surface area contributed by atoms with Gasteiger partial charge in [-0.2, -0.15) is 9.97 Å². The first-order chi connectivity index (χ1) is 24.3. The second-order valence-electron chi connectivity index (χ2n) is 13.3. The maximum Gasteiger partial charge on any atom is 0.319 e. The van der Waals surface area contributed by atoms with Gasteiger partial charge in [0.05, 0.1) is 30.3 Å². The third kappa shape index (κ3) is 6.10. The number of nitrogens with zero attached hydrogens (tertiary/aromatic N) is 5. The lowest BCUT2D eigenvalue weighted by Crippen LogP contribution is -2.43. The maximum atomic E-state index is 17.1. The number of carbonyl (C=O) groups excluding carboxylic acids is 1. The van der Waals surface area contributed by atoms with Crippen molar-refractivity contribution >= 4 is 33.5 Å². The molecule has 2 aromatic heterocycles. The summed E-state index contributed by atoms with van der Waals surface area (Å²) in [5, 5.41) is 1.56. The van der Waals surface area contributed by atoms with Gasteiger partial charge in [-0.15, -0.1) is 0 Å². The Morgan fingerprint density at radius 3 is 2.66 bits per heavy atom. The molecule has 0 unspecified atom stereocenters. The Balaban J connectivity index is 1.35. The number of halogens is 3. The molecule has 0 aliphatic carbocycles. The van der Waals surface area contributed by atoms with E-state index in [4.69, 9.17) is 23.9 Å². The number of carbonyl (C=O) groups is 1. The Labute approximate surface area is 288 Å². The van der Waals surface area contributed by atoms with Crippen LogP contribution >= 0.6 is 0 Å². The quantitative estimate of drug-likeness (QED) is 0.135. The van der Waals surface area contributed by atoms with Gasteiger partial charge in [-0.05, 0) is 85.2 Å². The molecular formula is C37H40F3N5O5.